The topological polar surface area (TPSA) is 93.7 Å². The molecule has 0 unspecified atom stereocenters. The van der Waals surface area contributed by atoms with Crippen molar-refractivity contribution >= 4 is 27.7 Å². The van der Waals surface area contributed by atoms with E-state index in [1.807, 2.05) is 31.2 Å². The maximum atomic E-state index is 12.1. The quantitative estimate of drug-likeness (QED) is 0.670. The summed E-state index contributed by atoms with van der Waals surface area (Å²) in [6.45, 7) is 2.01. The number of methoxy groups -OCH3 is 1. The fourth-order valence-corrected chi connectivity index (χ4v) is 3.01. The number of nitrogens with one attached hydrogen (secondary N) is 2. The van der Waals surface area contributed by atoms with Crippen LogP contribution in [-0.2, 0) is 21.4 Å². The van der Waals surface area contributed by atoms with Gasteiger partial charge in [-0.3, -0.25) is 9.52 Å². The standard InChI is InChI=1S/C20H24N2O5S/c1-4-6-15-9-10-18(19(12-15)26-2)27-14-20(23)21-13-16-7-5-8-17(11-16)22-28(3,24)25/h4-12,22H,13-14H2,1-3H3,(H,21,23)/b6-4-. The van der Waals surface area contributed by atoms with Crippen LogP contribution in [0.5, 0.6) is 11.5 Å². The number of ether oxygens (including phenoxy) is 2. The van der Waals surface area contributed by atoms with Gasteiger partial charge >= 0.3 is 0 Å². The van der Waals surface area contributed by atoms with Crippen molar-refractivity contribution in [1.82, 2.24) is 5.32 Å². The summed E-state index contributed by atoms with van der Waals surface area (Å²) in [7, 11) is -1.81. The number of amides is 1. The van der Waals surface area contributed by atoms with E-state index in [0.717, 1.165) is 17.4 Å². The molecule has 0 aliphatic rings. The fraction of sp³-hybridized carbons (Fsp3) is 0.250. The summed E-state index contributed by atoms with van der Waals surface area (Å²) in [6, 6.07) is 12.2. The van der Waals surface area contributed by atoms with Gasteiger partial charge in [0.25, 0.3) is 5.91 Å². The maximum absolute atomic E-state index is 12.1. The Hall–Kier alpha value is -3.00. The number of benzene rings is 2. The number of hydrogen-bond acceptors (Lipinski definition) is 5. The van der Waals surface area contributed by atoms with E-state index >= 15 is 0 Å². The first kappa shape index (κ1) is 21.3. The molecule has 0 aromatic heterocycles. The van der Waals surface area contributed by atoms with Crippen molar-refractivity contribution in [2.45, 2.75) is 13.5 Å². The Morgan fingerprint density at radius 1 is 1.14 bits per heavy atom. The molecule has 0 saturated heterocycles. The van der Waals surface area contributed by atoms with E-state index in [4.69, 9.17) is 9.47 Å². The van der Waals surface area contributed by atoms with Crippen molar-refractivity contribution in [2.24, 2.45) is 0 Å². The van der Waals surface area contributed by atoms with Crippen LogP contribution in [0, 0.1) is 0 Å². The van der Waals surface area contributed by atoms with Gasteiger partial charge in [-0.1, -0.05) is 30.4 Å². The van der Waals surface area contributed by atoms with Crippen molar-refractivity contribution in [2.75, 3.05) is 24.7 Å². The Morgan fingerprint density at radius 2 is 1.93 bits per heavy atom. The third-order valence-corrected chi connectivity index (χ3v) is 4.23. The Morgan fingerprint density at radius 3 is 2.61 bits per heavy atom. The summed E-state index contributed by atoms with van der Waals surface area (Å²) in [5.41, 5.74) is 2.17. The van der Waals surface area contributed by atoms with Gasteiger partial charge < -0.3 is 14.8 Å². The molecular formula is C20H24N2O5S. The van der Waals surface area contributed by atoms with Gasteiger partial charge in [0.2, 0.25) is 10.0 Å². The van der Waals surface area contributed by atoms with Crippen LogP contribution < -0.4 is 19.5 Å². The second-order valence-corrected chi connectivity index (χ2v) is 7.80. The van der Waals surface area contributed by atoms with Crippen LogP contribution in [0.25, 0.3) is 6.08 Å². The SMILES string of the molecule is C/C=C\c1ccc(OCC(=O)NCc2cccc(NS(C)(=O)=O)c2)c(OC)c1. The number of rotatable bonds is 9. The zero-order valence-electron chi connectivity index (χ0n) is 16.1. The minimum atomic E-state index is -3.35. The number of anilines is 1. The highest BCUT2D eigenvalue weighted by Crippen LogP contribution is 2.28. The van der Waals surface area contributed by atoms with Gasteiger partial charge in [0, 0.05) is 12.2 Å². The average Bonchev–Trinajstić information content (AvgIpc) is 2.64. The van der Waals surface area contributed by atoms with Crippen molar-refractivity contribution < 1.29 is 22.7 Å². The first-order valence-electron chi connectivity index (χ1n) is 8.57. The predicted octanol–water partition coefficient (Wildman–Crippen LogP) is 2.80. The molecule has 0 aliphatic heterocycles. The van der Waals surface area contributed by atoms with Crippen LogP contribution in [0.4, 0.5) is 5.69 Å². The summed E-state index contributed by atoms with van der Waals surface area (Å²) in [6.07, 6.45) is 4.94. The summed E-state index contributed by atoms with van der Waals surface area (Å²) in [5.74, 6) is 0.717. The zero-order valence-corrected chi connectivity index (χ0v) is 16.9. The Kier molecular flexibility index (Phi) is 7.45. The van der Waals surface area contributed by atoms with E-state index in [1.54, 1.807) is 37.4 Å². The van der Waals surface area contributed by atoms with Crippen LogP contribution in [-0.4, -0.2) is 34.3 Å². The van der Waals surface area contributed by atoms with E-state index in [1.165, 1.54) is 0 Å². The lowest BCUT2D eigenvalue weighted by Gasteiger charge is -2.12. The number of sulfonamides is 1. The molecule has 1 amide bonds. The highest BCUT2D eigenvalue weighted by Gasteiger charge is 2.09. The molecule has 0 radical (unpaired) electrons. The largest absolute Gasteiger partial charge is 0.493 e. The first-order chi connectivity index (χ1) is 13.3. The predicted molar refractivity (Wildman–Crippen MR) is 110 cm³/mol. The number of carbonyl (C=O) groups excluding carboxylic acids is 1. The molecule has 2 aromatic rings. The maximum Gasteiger partial charge on any atom is 0.258 e. The molecule has 28 heavy (non-hydrogen) atoms. The van der Waals surface area contributed by atoms with Crippen LogP contribution in [0.15, 0.2) is 48.5 Å². The van der Waals surface area contributed by atoms with Gasteiger partial charge in [-0.15, -0.1) is 0 Å². The molecule has 2 rings (SSSR count). The highest BCUT2D eigenvalue weighted by atomic mass is 32.2. The average molecular weight is 404 g/mol. The van der Waals surface area contributed by atoms with Crippen molar-refractivity contribution in [3.05, 3.63) is 59.7 Å². The molecule has 2 aromatic carbocycles. The number of allylic oxidation sites excluding steroid dienone is 1. The minimum absolute atomic E-state index is 0.166. The molecule has 0 saturated carbocycles. The van der Waals surface area contributed by atoms with Crippen molar-refractivity contribution in [3.8, 4) is 11.5 Å². The third kappa shape index (κ3) is 6.96. The normalized spacial score (nSPS) is 11.2. The summed E-state index contributed by atoms with van der Waals surface area (Å²) in [4.78, 5) is 12.1. The fourth-order valence-electron chi connectivity index (χ4n) is 2.45. The highest BCUT2D eigenvalue weighted by molar-refractivity contribution is 7.92. The Bertz CT molecular complexity index is 955. The third-order valence-electron chi connectivity index (χ3n) is 3.63. The van der Waals surface area contributed by atoms with Crippen LogP contribution >= 0.6 is 0 Å². The molecular weight excluding hydrogens is 380 g/mol. The van der Waals surface area contributed by atoms with Crippen molar-refractivity contribution in [1.29, 1.82) is 0 Å². The lowest BCUT2D eigenvalue weighted by molar-refractivity contribution is -0.123. The van der Waals surface area contributed by atoms with Gasteiger partial charge in [-0.05, 0) is 42.3 Å². The minimum Gasteiger partial charge on any atom is -0.493 e. The van der Waals surface area contributed by atoms with Crippen molar-refractivity contribution in [3.63, 3.8) is 0 Å². The number of hydrogen-bond donors (Lipinski definition) is 2. The van der Waals surface area contributed by atoms with Gasteiger partial charge in [-0.25, -0.2) is 8.42 Å². The Labute approximate surface area is 165 Å². The van der Waals surface area contributed by atoms with E-state index in [-0.39, 0.29) is 19.1 Å². The molecule has 0 spiro atoms. The molecule has 0 atom stereocenters. The molecule has 8 heteroatoms. The lowest BCUT2D eigenvalue weighted by Crippen LogP contribution is -2.28. The molecule has 0 bridgehead atoms. The van der Waals surface area contributed by atoms with Gasteiger partial charge in [0.05, 0.1) is 13.4 Å². The summed E-state index contributed by atoms with van der Waals surface area (Å²) < 4.78 is 35.8. The molecule has 0 fully saturated rings. The lowest BCUT2D eigenvalue weighted by atomic mass is 10.2. The van der Waals surface area contributed by atoms with Gasteiger partial charge in [0.15, 0.2) is 18.1 Å². The van der Waals surface area contributed by atoms with E-state index < -0.39 is 10.0 Å². The van der Waals surface area contributed by atoms with Crippen LogP contribution in [0.2, 0.25) is 0 Å². The summed E-state index contributed by atoms with van der Waals surface area (Å²) >= 11 is 0. The second kappa shape index (κ2) is 9.80. The molecule has 0 aliphatic carbocycles. The molecule has 7 nitrogen and oxygen atoms in total. The molecule has 2 N–H and O–H groups in total. The molecule has 150 valence electrons. The number of carbonyl (C=O) groups is 1. The van der Waals surface area contributed by atoms with Gasteiger partial charge in [-0.2, -0.15) is 0 Å². The van der Waals surface area contributed by atoms with Gasteiger partial charge in [0.1, 0.15) is 0 Å². The van der Waals surface area contributed by atoms with Crippen LogP contribution in [0.1, 0.15) is 18.1 Å². The van der Waals surface area contributed by atoms with E-state index in [0.29, 0.717) is 17.2 Å². The Balaban J connectivity index is 1.91. The summed E-state index contributed by atoms with van der Waals surface area (Å²) in [5, 5.41) is 2.74. The van der Waals surface area contributed by atoms with Crippen LogP contribution in [0.3, 0.4) is 0 Å². The smallest absolute Gasteiger partial charge is 0.258 e. The zero-order chi connectivity index (χ0) is 20.6. The first-order valence-corrected chi connectivity index (χ1v) is 10.5. The van der Waals surface area contributed by atoms with E-state index in [9.17, 15) is 13.2 Å². The molecule has 0 heterocycles. The van der Waals surface area contributed by atoms with E-state index in [2.05, 4.69) is 10.0 Å². The second-order valence-electron chi connectivity index (χ2n) is 6.05. The monoisotopic (exact) mass is 404 g/mol.